The first-order valence-electron chi connectivity index (χ1n) is 6.95. The second kappa shape index (κ2) is 6.62. The average Bonchev–Trinajstić information content (AvgIpc) is 2.94. The fraction of sp³-hybridized carbons (Fsp3) is 0.0588. The highest BCUT2D eigenvalue weighted by molar-refractivity contribution is 6.34. The summed E-state index contributed by atoms with van der Waals surface area (Å²) in [5, 5.41) is 7.32. The first kappa shape index (κ1) is 15.2. The first-order chi connectivity index (χ1) is 11.1. The number of carbonyl (C=O) groups excluding carboxylic acids is 1. The van der Waals surface area contributed by atoms with Crippen molar-refractivity contribution in [3.63, 3.8) is 0 Å². The molecule has 0 bridgehead atoms. The maximum atomic E-state index is 13.2. The summed E-state index contributed by atoms with van der Waals surface area (Å²) in [6, 6.07) is 14.8. The van der Waals surface area contributed by atoms with Crippen LogP contribution in [0.5, 0.6) is 0 Å². The molecule has 0 saturated heterocycles. The maximum absolute atomic E-state index is 13.2. The van der Waals surface area contributed by atoms with E-state index in [0.29, 0.717) is 22.9 Å². The molecule has 1 heterocycles. The van der Waals surface area contributed by atoms with Crippen molar-refractivity contribution in [2.45, 2.75) is 6.54 Å². The molecule has 0 atom stereocenters. The zero-order valence-corrected chi connectivity index (χ0v) is 12.8. The van der Waals surface area contributed by atoms with Crippen molar-refractivity contribution in [3.8, 4) is 0 Å². The minimum atomic E-state index is -0.327. The third kappa shape index (κ3) is 3.76. The van der Waals surface area contributed by atoms with Crippen LogP contribution in [0, 0.1) is 5.82 Å². The molecule has 0 fully saturated rings. The molecule has 6 heteroatoms. The van der Waals surface area contributed by atoms with Gasteiger partial charge in [0.1, 0.15) is 5.82 Å². The van der Waals surface area contributed by atoms with E-state index in [1.54, 1.807) is 47.3 Å². The number of nitrogens with one attached hydrogen (secondary N) is 1. The number of aromatic nitrogens is 2. The van der Waals surface area contributed by atoms with Crippen LogP contribution in [0.25, 0.3) is 0 Å². The summed E-state index contributed by atoms with van der Waals surface area (Å²) < 4.78 is 14.8. The highest BCUT2D eigenvalue weighted by Crippen LogP contribution is 2.16. The molecule has 1 N–H and O–H groups in total. The van der Waals surface area contributed by atoms with Gasteiger partial charge >= 0.3 is 0 Å². The fourth-order valence-corrected chi connectivity index (χ4v) is 2.39. The van der Waals surface area contributed by atoms with Gasteiger partial charge in [-0.05, 0) is 29.8 Å². The van der Waals surface area contributed by atoms with E-state index in [2.05, 4.69) is 10.4 Å². The average molecular weight is 330 g/mol. The molecule has 0 unspecified atom stereocenters. The number of hydrogen-bond acceptors (Lipinski definition) is 2. The van der Waals surface area contributed by atoms with Crippen LogP contribution in [0.4, 0.5) is 10.2 Å². The molecule has 0 aliphatic heterocycles. The third-order valence-corrected chi connectivity index (χ3v) is 3.56. The van der Waals surface area contributed by atoms with E-state index >= 15 is 0 Å². The molecule has 3 rings (SSSR count). The Labute approximate surface area is 137 Å². The van der Waals surface area contributed by atoms with Gasteiger partial charge in [-0.3, -0.25) is 9.48 Å². The molecule has 0 saturated carbocycles. The molecule has 1 aromatic heterocycles. The molecule has 116 valence electrons. The highest BCUT2D eigenvalue weighted by Gasteiger charge is 2.11. The molecule has 2 aromatic carbocycles. The van der Waals surface area contributed by atoms with E-state index in [9.17, 15) is 9.18 Å². The van der Waals surface area contributed by atoms with E-state index in [-0.39, 0.29) is 11.7 Å². The van der Waals surface area contributed by atoms with Crippen molar-refractivity contribution in [1.82, 2.24) is 9.78 Å². The van der Waals surface area contributed by atoms with E-state index < -0.39 is 0 Å². The third-order valence-electron chi connectivity index (χ3n) is 3.23. The summed E-state index contributed by atoms with van der Waals surface area (Å²) in [6.07, 6.45) is 1.72. The quantitative estimate of drug-likeness (QED) is 0.787. The molecule has 0 aliphatic carbocycles. The van der Waals surface area contributed by atoms with Crippen molar-refractivity contribution >= 4 is 23.3 Å². The van der Waals surface area contributed by atoms with Crippen LogP contribution < -0.4 is 5.32 Å². The number of nitrogens with zero attached hydrogens (tertiary/aromatic N) is 2. The lowest BCUT2D eigenvalue weighted by Crippen LogP contribution is -2.13. The van der Waals surface area contributed by atoms with Crippen LogP contribution in [0.2, 0.25) is 5.02 Å². The van der Waals surface area contributed by atoms with Crippen LogP contribution in [0.15, 0.2) is 60.8 Å². The molecule has 0 radical (unpaired) electrons. The molecule has 0 aliphatic rings. The number of anilines is 1. The van der Waals surface area contributed by atoms with E-state index in [0.717, 1.165) is 5.56 Å². The van der Waals surface area contributed by atoms with Crippen LogP contribution in [0.3, 0.4) is 0 Å². The number of benzene rings is 2. The Bertz CT molecular complexity index is 847. The second-order valence-corrected chi connectivity index (χ2v) is 5.37. The van der Waals surface area contributed by atoms with Crippen molar-refractivity contribution in [2.75, 3.05) is 5.32 Å². The molecule has 3 aromatic rings. The fourth-order valence-electron chi connectivity index (χ4n) is 2.17. The van der Waals surface area contributed by atoms with Gasteiger partial charge in [0, 0.05) is 12.3 Å². The Hall–Kier alpha value is -2.66. The van der Waals surface area contributed by atoms with Crippen LogP contribution in [0.1, 0.15) is 15.9 Å². The van der Waals surface area contributed by atoms with Crippen molar-refractivity contribution < 1.29 is 9.18 Å². The summed E-state index contributed by atoms with van der Waals surface area (Å²) in [4.78, 5) is 12.2. The zero-order chi connectivity index (χ0) is 16.2. The minimum Gasteiger partial charge on any atom is -0.305 e. The summed E-state index contributed by atoms with van der Waals surface area (Å²) in [5.41, 5.74) is 1.17. The number of halogens is 2. The molecule has 23 heavy (non-hydrogen) atoms. The van der Waals surface area contributed by atoms with Gasteiger partial charge in [0.2, 0.25) is 0 Å². The number of amides is 1. The number of rotatable bonds is 4. The largest absolute Gasteiger partial charge is 0.305 e. The Balaban J connectivity index is 1.70. The van der Waals surface area contributed by atoms with Gasteiger partial charge in [-0.2, -0.15) is 5.10 Å². The van der Waals surface area contributed by atoms with Gasteiger partial charge in [-0.15, -0.1) is 0 Å². The first-order valence-corrected chi connectivity index (χ1v) is 7.33. The topological polar surface area (TPSA) is 46.9 Å². The molecule has 0 spiro atoms. The van der Waals surface area contributed by atoms with Crippen LogP contribution >= 0.6 is 11.6 Å². The van der Waals surface area contributed by atoms with Crippen LogP contribution in [-0.4, -0.2) is 15.7 Å². The Morgan fingerprint density at radius 1 is 1.17 bits per heavy atom. The zero-order valence-electron chi connectivity index (χ0n) is 12.0. The van der Waals surface area contributed by atoms with Gasteiger partial charge in [0.05, 0.1) is 17.1 Å². The van der Waals surface area contributed by atoms with Crippen LogP contribution in [-0.2, 0) is 6.54 Å². The minimum absolute atomic E-state index is 0.290. The summed E-state index contributed by atoms with van der Waals surface area (Å²) in [7, 11) is 0. The van der Waals surface area contributed by atoms with E-state index in [1.165, 1.54) is 12.1 Å². The lowest BCUT2D eigenvalue weighted by atomic mass is 10.2. The molecular formula is C17H13ClFN3O. The van der Waals surface area contributed by atoms with Gasteiger partial charge in [-0.1, -0.05) is 35.9 Å². The molecular weight excluding hydrogens is 317 g/mol. The predicted octanol–water partition coefficient (Wildman–Crippen LogP) is 3.98. The molecule has 1 amide bonds. The smallest absolute Gasteiger partial charge is 0.258 e. The molecule has 4 nitrogen and oxygen atoms in total. The van der Waals surface area contributed by atoms with Gasteiger partial charge in [-0.25, -0.2) is 4.39 Å². The number of hydrogen-bond donors (Lipinski definition) is 1. The summed E-state index contributed by atoms with van der Waals surface area (Å²) in [6.45, 7) is 0.416. The van der Waals surface area contributed by atoms with E-state index in [1.807, 2.05) is 6.07 Å². The van der Waals surface area contributed by atoms with Gasteiger partial charge in [0.25, 0.3) is 5.91 Å². The lowest BCUT2D eigenvalue weighted by Gasteiger charge is -2.04. The second-order valence-electron chi connectivity index (χ2n) is 4.96. The summed E-state index contributed by atoms with van der Waals surface area (Å²) in [5.74, 6) is -0.208. The highest BCUT2D eigenvalue weighted by atomic mass is 35.5. The lowest BCUT2D eigenvalue weighted by molar-refractivity contribution is 0.102. The SMILES string of the molecule is O=C(Nc1ccn(Cc2cccc(F)c2)n1)c1ccccc1Cl. The normalized spacial score (nSPS) is 10.5. The monoisotopic (exact) mass is 329 g/mol. The van der Waals surface area contributed by atoms with Gasteiger partial charge < -0.3 is 5.32 Å². The maximum Gasteiger partial charge on any atom is 0.258 e. The standard InChI is InChI=1S/C17H13ClFN3O/c18-15-7-2-1-6-14(15)17(23)20-16-8-9-22(21-16)11-12-4-3-5-13(19)10-12/h1-10H,11H2,(H,20,21,23). The Kier molecular flexibility index (Phi) is 4.39. The van der Waals surface area contributed by atoms with Crippen molar-refractivity contribution in [1.29, 1.82) is 0 Å². The number of carbonyl (C=O) groups is 1. The van der Waals surface area contributed by atoms with Gasteiger partial charge in [0.15, 0.2) is 5.82 Å². The predicted molar refractivity (Wildman–Crippen MR) is 87.1 cm³/mol. The van der Waals surface area contributed by atoms with E-state index in [4.69, 9.17) is 11.6 Å². The van der Waals surface area contributed by atoms with Crippen molar-refractivity contribution in [3.05, 3.63) is 82.8 Å². The Morgan fingerprint density at radius 3 is 2.78 bits per heavy atom. The summed E-state index contributed by atoms with van der Waals surface area (Å²) >= 11 is 5.99. The van der Waals surface area contributed by atoms with Crippen molar-refractivity contribution in [2.24, 2.45) is 0 Å². The Morgan fingerprint density at radius 2 is 2.00 bits per heavy atom.